The minimum Gasteiger partial charge on any atom is -0.275 e. The van der Waals surface area contributed by atoms with Gasteiger partial charge in [-0.3, -0.25) is 6.08 Å². The van der Waals surface area contributed by atoms with Gasteiger partial charge in [-0.25, -0.2) is 12.2 Å². The third kappa shape index (κ3) is 4.04. The molecule has 0 bridgehead atoms. The second-order valence-corrected chi connectivity index (χ2v) is 1.69. The Morgan fingerprint density at radius 2 is 2.25 bits per heavy atom. The zero-order chi connectivity index (χ0) is 4.95. The normalized spacial score (nSPS) is 17.0. The summed E-state index contributed by atoms with van der Waals surface area (Å²) in [6.07, 6.45) is 13.0. The van der Waals surface area contributed by atoms with Crippen molar-refractivity contribution >= 4 is 0 Å². The number of hydrogen-bond donors (Lipinski definition) is 0. The van der Waals surface area contributed by atoms with Crippen molar-refractivity contribution in [2.45, 2.75) is 19.3 Å². The van der Waals surface area contributed by atoms with Crippen LogP contribution in [0, 0.1) is 6.08 Å². The Balaban J connectivity index is 0.000000490. The molecular weight excluding hydrogens is 123 g/mol. The Hall–Kier alpha value is 1.12. The van der Waals surface area contributed by atoms with Crippen molar-refractivity contribution in [3.8, 4) is 0 Å². The van der Waals surface area contributed by atoms with Crippen molar-refractivity contribution in [3.05, 3.63) is 24.3 Å². The minimum atomic E-state index is 0. The first-order valence-electron chi connectivity index (χ1n) is 2.72. The molecule has 1 aliphatic carbocycles. The van der Waals surface area contributed by atoms with Gasteiger partial charge in [0, 0.05) is 0 Å². The molecular formula is C7H9K. The van der Waals surface area contributed by atoms with Crippen molar-refractivity contribution in [2.24, 2.45) is 0 Å². The van der Waals surface area contributed by atoms with Crippen LogP contribution < -0.4 is 51.4 Å². The van der Waals surface area contributed by atoms with Crippen LogP contribution >= 0.6 is 0 Å². The first-order valence-corrected chi connectivity index (χ1v) is 2.72. The summed E-state index contributed by atoms with van der Waals surface area (Å²) in [5.41, 5.74) is 0. The third-order valence-electron chi connectivity index (χ3n) is 1.04. The SMILES string of the molecule is [C-]1=CC=CCCC1.[K+]. The predicted molar refractivity (Wildman–Crippen MR) is 30.8 cm³/mol. The summed E-state index contributed by atoms with van der Waals surface area (Å²) in [6, 6.07) is 0. The van der Waals surface area contributed by atoms with Gasteiger partial charge < -0.3 is 0 Å². The Bertz CT molecular complexity index is 80.6. The van der Waals surface area contributed by atoms with Crippen molar-refractivity contribution in [1.29, 1.82) is 0 Å². The molecule has 0 atom stereocenters. The number of allylic oxidation sites excluding steroid dienone is 4. The molecule has 8 heavy (non-hydrogen) atoms. The van der Waals surface area contributed by atoms with Crippen LogP contribution in [0.2, 0.25) is 0 Å². The summed E-state index contributed by atoms with van der Waals surface area (Å²) >= 11 is 0. The first-order chi connectivity index (χ1) is 3.50. The van der Waals surface area contributed by atoms with Crippen LogP contribution in [0.1, 0.15) is 19.3 Å². The number of hydrogen-bond acceptors (Lipinski definition) is 0. The molecule has 0 spiro atoms. The molecule has 0 saturated carbocycles. The molecule has 0 N–H and O–H groups in total. The van der Waals surface area contributed by atoms with Gasteiger partial charge in [-0.2, -0.15) is 6.08 Å². The van der Waals surface area contributed by atoms with E-state index in [1.54, 1.807) is 0 Å². The molecule has 0 aliphatic heterocycles. The van der Waals surface area contributed by atoms with Crippen molar-refractivity contribution in [3.63, 3.8) is 0 Å². The monoisotopic (exact) mass is 132 g/mol. The molecule has 0 fully saturated rings. The Kier molecular flexibility index (Phi) is 7.11. The van der Waals surface area contributed by atoms with Crippen LogP contribution in [0.25, 0.3) is 0 Å². The maximum Gasteiger partial charge on any atom is 1.00 e. The zero-order valence-corrected chi connectivity index (χ0v) is 8.48. The molecule has 0 aromatic rings. The van der Waals surface area contributed by atoms with Crippen LogP contribution in [0.5, 0.6) is 0 Å². The van der Waals surface area contributed by atoms with Gasteiger partial charge in [-0.05, 0) is 0 Å². The summed E-state index contributed by atoms with van der Waals surface area (Å²) in [4.78, 5) is 0. The second kappa shape index (κ2) is 6.24. The average Bonchev–Trinajstić information content (AvgIpc) is 1.90. The predicted octanol–water partition coefficient (Wildman–Crippen LogP) is -0.910. The number of rotatable bonds is 0. The van der Waals surface area contributed by atoms with E-state index in [-0.39, 0.29) is 51.4 Å². The zero-order valence-electron chi connectivity index (χ0n) is 5.35. The van der Waals surface area contributed by atoms with Gasteiger partial charge in [0.1, 0.15) is 0 Å². The Labute approximate surface area is 93.5 Å². The minimum absolute atomic E-state index is 0. The van der Waals surface area contributed by atoms with E-state index < -0.39 is 0 Å². The van der Waals surface area contributed by atoms with Crippen LogP contribution in [-0.4, -0.2) is 0 Å². The summed E-state index contributed by atoms with van der Waals surface area (Å²) in [5.74, 6) is 0. The Morgan fingerprint density at radius 3 is 3.12 bits per heavy atom. The molecule has 0 saturated heterocycles. The van der Waals surface area contributed by atoms with Crippen molar-refractivity contribution < 1.29 is 51.4 Å². The van der Waals surface area contributed by atoms with Gasteiger partial charge in [0.25, 0.3) is 0 Å². The van der Waals surface area contributed by atoms with Gasteiger partial charge in [-0.1, -0.05) is 12.8 Å². The quantitative estimate of drug-likeness (QED) is 0.296. The van der Waals surface area contributed by atoms with Crippen LogP contribution in [-0.2, 0) is 0 Å². The Morgan fingerprint density at radius 1 is 1.38 bits per heavy atom. The van der Waals surface area contributed by atoms with Gasteiger partial charge in [-0.15, -0.1) is 6.42 Å². The molecule has 0 aromatic carbocycles. The fourth-order valence-electron chi connectivity index (χ4n) is 0.638. The summed E-state index contributed by atoms with van der Waals surface area (Å²) in [7, 11) is 0. The van der Waals surface area contributed by atoms with E-state index in [0.29, 0.717) is 0 Å². The third-order valence-corrected chi connectivity index (χ3v) is 1.04. The van der Waals surface area contributed by atoms with Crippen molar-refractivity contribution in [2.75, 3.05) is 0 Å². The van der Waals surface area contributed by atoms with Crippen LogP contribution in [0.4, 0.5) is 0 Å². The molecule has 38 valence electrons. The summed E-state index contributed by atoms with van der Waals surface area (Å²) < 4.78 is 0. The van der Waals surface area contributed by atoms with E-state index in [1.807, 2.05) is 6.08 Å². The van der Waals surface area contributed by atoms with E-state index in [4.69, 9.17) is 0 Å². The van der Waals surface area contributed by atoms with Gasteiger partial charge in [0.15, 0.2) is 0 Å². The largest absolute Gasteiger partial charge is 1.00 e. The van der Waals surface area contributed by atoms with E-state index in [0.717, 1.165) is 6.42 Å². The molecule has 0 heterocycles. The molecule has 0 unspecified atom stereocenters. The molecule has 1 rings (SSSR count). The van der Waals surface area contributed by atoms with Crippen molar-refractivity contribution in [1.82, 2.24) is 0 Å². The van der Waals surface area contributed by atoms with E-state index >= 15 is 0 Å². The van der Waals surface area contributed by atoms with Gasteiger partial charge in [0.05, 0.1) is 0 Å². The van der Waals surface area contributed by atoms with E-state index in [9.17, 15) is 0 Å². The second-order valence-electron chi connectivity index (χ2n) is 1.69. The van der Waals surface area contributed by atoms with E-state index in [2.05, 4.69) is 18.2 Å². The van der Waals surface area contributed by atoms with Crippen LogP contribution in [0.3, 0.4) is 0 Å². The topological polar surface area (TPSA) is 0 Å². The van der Waals surface area contributed by atoms with Gasteiger partial charge in [0.2, 0.25) is 0 Å². The summed E-state index contributed by atoms with van der Waals surface area (Å²) in [6.45, 7) is 0. The molecule has 1 aliphatic rings. The first kappa shape index (κ1) is 9.12. The fourth-order valence-corrected chi connectivity index (χ4v) is 0.638. The molecule has 0 amide bonds. The molecule has 0 nitrogen and oxygen atoms in total. The smallest absolute Gasteiger partial charge is 0.275 e. The van der Waals surface area contributed by atoms with E-state index in [1.165, 1.54) is 12.8 Å². The molecule has 1 heteroatoms. The fraction of sp³-hybridized carbons (Fsp3) is 0.429. The standard InChI is InChI=1S/C7H9.K/c1-2-4-6-7-5-3-1;/h1-3H,4,6-7H2;/q-1;+1. The summed E-state index contributed by atoms with van der Waals surface area (Å²) in [5, 5.41) is 0. The maximum atomic E-state index is 3.14. The molecule has 0 aromatic heterocycles. The maximum absolute atomic E-state index is 3.14. The molecule has 0 radical (unpaired) electrons. The van der Waals surface area contributed by atoms with Gasteiger partial charge >= 0.3 is 51.4 Å². The van der Waals surface area contributed by atoms with Crippen LogP contribution in [0.15, 0.2) is 18.2 Å². The average molecular weight is 132 g/mol.